The molecule has 0 atom stereocenters. The zero-order valence-electron chi connectivity index (χ0n) is 12.1. The van der Waals surface area contributed by atoms with Gasteiger partial charge in [0.15, 0.2) is 0 Å². The predicted octanol–water partition coefficient (Wildman–Crippen LogP) is 0.820. The molecule has 0 spiro atoms. The first kappa shape index (κ1) is 16.9. The molecular weight excluding hydrogens is 276 g/mol. The van der Waals surface area contributed by atoms with E-state index >= 15 is 0 Å². The fraction of sp³-hybridized carbons (Fsp3) is 0.429. The Labute approximate surface area is 122 Å². The number of urea groups is 1. The van der Waals surface area contributed by atoms with Gasteiger partial charge in [0.2, 0.25) is 0 Å². The van der Waals surface area contributed by atoms with Crippen LogP contribution in [0.5, 0.6) is 0 Å². The van der Waals surface area contributed by atoms with Crippen LogP contribution in [0.25, 0.3) is 0 Å². The van der Waals surface area contributed by atoms with E-state index in [4.69, 9.17) is 10.2 Å². The number of nitrogens with zero attached hydrogens (tertiary/aromatic N) is 1. The average molecular weight is 296 g/mol. The fourth-order valence-corrected chi connectivity index (χ4v) is 2.04. The summed E-state index contributed by atoms with van der Waals surface area (Å²) in [5.74, 6) is -1.13. The number of aliphatic hydroxyl groups excluding tert-OH is 2. The number of carboxylic acids is 1. The van der Waals surface area contributed by atoms with Crippen LogP contribution in [0.4, 0.5) is 10.5 Å². The third kappa shape index (κ3) is 4.44. The number of carboxylic acid groups (broad SMARTS) is 1. The molecule has 4 N–H and O–H groups in total. The van der Waals surface area contributed by atoms with E-state index in [1.807, 2.05) is 0 Å². The molecule has 0 saturated carbocycles. The van der Waals surface area contributed by atoms with Crippen molar-refractivity contribution in [2.45, 2.75) is 13.8 Å². The molecule has 21 heavy (non-hydrogen) atoms. The van der Waals surface area contributed by atoms with Gasteiger partial charge in [-0.25, -0.2) is 9.59 Å². The summed E-state index contributed by atoms with van der Waals surface area (Å²) < 4.78 is 0. The maximum atomic E-state index is 12.1. The number of nitrogens with one attached hydrogen (secondary N) is 1. The lowest BCUT2D eigenvalue weighted by atomic mass is 10.0. The van der Waals surface area contributed by atoms with Crippen LogP contribution in [0.3, 0.4) is 0 Å². The van der Waals surface area contributed by atoms with Crippen LogP contribution >= 0.6 is 0 Å². The number of carbonyl (C=O) groups is 2. The van der Waals surface area contributed by atoms with Crippen LogP contribution < -0.4 is 5.32 Å². The highest BCUT2D eigenvalue weighted by Crippen LogP contribution is 2.23. The van der Waals surface area contributed by atoms with Crippen molar-refractivity contribution in [1.29, 1.82) is 0 Å². The Balaban J connectivity index is 3.06. The number of carbonyl (C=O) groups excluding carboxylic acids is 1. The Morgan fingerprint density at radius 1 is 1.14 bits per heavy atom. The van der Waals surface area contributed by atoms with E-state index in [0.717, 1.165) is 5.56 Å². The minimum atomic E-state index is -1.13. The summed E-state index contributed by atoms with van der Waals surface area (Å²) in [5, 5.41) is 29.6. The molecule has 0 aliphatic rings. The summed E-state index contributed by atoms with van der Waals surface area (Å²) in [7, 11) is 0. The molecule has 0 saturated heterocycles. The highest BCUT2D eigenvalue weighted by molar-refractivity contribution is 6.01. The van der Waals surface area contributed by atoms with Gasteiger partial charge in [-0.3, -0.25) is 0 Å². The first-order valence-electron chi connectivity index (χ1n) is 6.53. The molecule has 2 amide bonds. The lowest BCUT2D eigenvalue weighted by Crippen LogP contribution is -2.39. The van der Waals surface area contributed by atoms with Gasteiger partial charge in [0, 0.05) is 13.1 Å². The van der Waals surface area contributed by atoms with Crippen LogP contribution in [0.1, 0.15) is 21.5 Å². The predicted molar refractivity (Wildman–Crippen MR) is 77.6 cm³/mol. The normalized spacial score (nSPS) is 10.3. The zero-order chi connectivity index (χ0) is 16.0. The molecule has 1 rings (SSSR count). The Morgan fingerprint density at radius 3 is 2.19 bits per heavy atom. The summed E-state index contributed by atoms with van der Waals surface area (Å²) in [6.45, 7) is 3.10. The van der Waals surface area contributed by atoms with Crippen LogP contribution in [0.15, 0.2) is 12.1 Å². The second-order valence-corrected chi connectivity index (χ2v) is 4.67. The van der Waals surface area contributed by atoms with Gasteiger partial charge in [0.25, 0.3) is 0 Å². The van der Waals surface area contributed by atoms with Crippen LogP contribution in [0.2, 0.25) is 0 Å². The first-order valence-corrected chi connectivity index (χ1v) is 6.53. The third-order valence-electron chi connectivity index (χ3n) is 2.97. The standard InChI is InChI=1S/C14H20N2O5/c1-9-7-10(2)12(11(8-9)13(19)20)15-14(21)16(3-5-17)4-6-18/h7-8,17-18H,3-6H2,1-2H3,(H,15,21)(H,19,20). The maximum absolute atomic E-state index is 12.1. The molecule has 1 aromatic carbocycles. The SMILES string of the molecule is Cc1cc(C)c(NC(=O)N(CCO)CCO)c(C(=O)O)c1. The molecule has 7 nitrogen and oxygen atoms in total. The molecular formula is C14H20N2O5. The van der Waals surface area contributed by atoms with Gasteiger partial charge in [-0.1, -0.05) is 6.07 Å². The Hall–Kier alpha value is -2.12. The molecule has 0 aliphatic heterocycles. The van der Waals surface area contributed by atoms with E-state index in [2.05, 4.69) is 5.32 Å². The van der Waals surface area contributed by atoms with E-state index in [-0.39, 0.29) is 37.6 Å². The molecule has 116 valence electrons. The molecule has 0 heterocycles. The summed E-state index contributed by atoms with van der Waals surface area (Å²) in [6, 6.07) is 2.69. The molecule has 0 unspecified atom stereocenters. The zero-order valence-corrected chi connectivity index (χ0v) is 12.1. The van der Waals surface area contributed by atoms with Crippen molar-refractivity contribution in [3.8, 4) is 0 Å². The monoisotopic (exact) mass is 296 g/mol. The number of amides is 2. The lowest BCUT2D eigenvalue weighted by Gasteiger charge is -2.22. The number of rotatable bonds is 6. The summed E-state index contributed by atoms with van der Waals surface area (Å²) in [5.41, 5.74) is 1.65. The average Bonchev–Trinajstić information content (AvgIpc) is 2.40. The molecule has 0 bridgehead atoms. The molecule has 0 aromatic heterocycles. The van der Waals surface area contributed by atoms with Crippen molar-refractivity contribution in [2.75, 3.05) is 31.6 Å². The van der Waals surface area contributed by atoms with Crippen molar-refractivity contribution >= 4 is 17.7 Å². The first-order chi connectivity index (χ1) is 9.90. The minimum Gasteiger partial charge on any atom is -0.478 e. The van der Waals surface area contributed by atoms with Crippen molar-refractivity contribution in [3.05, 3.63) is 28.8 Å². The maximum Gasteiger partial charge on any atom is 0.337 e. The third-order valence-corrected chi connectivity index (χ3v) is 2.97. The van der Waals surface area contributed by atoms with Crippen LogP contribution in [-0.4, -0.2) is 58.5 Å². The van der Waals surface area contributed by atoms with Gasteiger partial charge in [0.05, 0.1) is 24.5 Å². The number of hydrogen-bond donors (Lipinski definition) is 4. The van der Waals surface area contributed by atoms with Gasteiger partial charge in [-0.15, -0.1) is 0 Å². The minimum absolute atomic E-state index is 0.00815. The second kappa shape index (κ2) is 7.61. The topological polar surface area (TPSA) is 110 Å². The van der Waals surface area contributed by atoms with Crippen LogP contribution in [0, 0.1) is 13.8 Å². The van der Waals surface area contributed by atoms with Crippen LogP contribution in [-0.2, 0) is 0 Å². The number of aromatic carboxylic acids is 1. The molecule has 0 fully saturated rings. The van der Waals surface area contributed by atoms with Crippen molar-refractivity contribution < 1.29 is 24.9 Å². The number of hydrogen-bond acceptors (Lipinski definition) is 4. The fourth-order valence-electron chi connectivity index (χ4n) is 2.04. The lowest BCUT2D eigenvalue weighted by molar-refractivity contribution is 0.0697. The van der Waals surface area contributed by atoms with Gasteiger partial charge in [-0.2, -0.15) is 0 Å². The quantitative estimate of drug-likeness (QED) is 0.621. The smallest absolute Gasteiger partial charge is 0.337 e. The number of aryl methyl sites for hydroxylation is 2. The summed E-state index contributed by atoms with van der Waals surface area (Å²) in [6.07, 6.45) is 0. The van der Waals surface area contributed by atoms with Crippen molar-refractivity contribution in [1.82, 2.24) is 4.90 Å². The molecule has 1 aromatic rings. The van der Waals surface area contributed by atoms with E-state index in [0.29, 0.717) is 5.56 Å². The largest absolute Gasteiger partial charge is 0.478 e. The summed E-state index contributed by atoms with van der Waals surface area (Å²) in [4.78, 5) is 24.6. The van der Waals surface area contributed by atoms with Gasteiger partial charge >= 0.3 is 12.0 Å². The Morgan fingerprint density at radius 2 is 1.71 bits per heavy atom. The van der Waals surface area contributed by atoms with Gasteiger partial charge in [-0.05, 0) is 31.0 Å². The highest BCUT2D eigenvalue weighted by atomic mass is 16.4. The number of aliphatic hydroxyl groups is 2. The number of benzene rings is 1. The van der Waals surface area contributed by atoms with E-state index in [1.165, 1.54) is 11.0 Å². The summed E-state index contributed by atoms with van der Waals surface area (Å²) >= 11 is 0. The number of anilines is 1. The van der Waals surface area contributed by atoms with E-state index in [9.17, 15) is 14.7 Å². The van der Waals surface area contributed by atoms with Crippen molar-refractivity contribution in [2.24, 2.45) is 0 Å². The van der Waals surface area contributed by atoms with Gasteiger partial charge in [0.1, 0.15) is 0 Å². The Kier molecular flexibility index (Phi) is 6.13. The molecule has 0 radical (unpaired) electrons. The molecule has 7 heteroatoms. The van der Waals surface area contributed by atoms with E-state index in [1.54, 1.807) is 19.9 Å². The van der Waals surface area contributed by atoms with Gasteiger partial charge < -0.3 is 25.5 Å². The van der Waals surface area contributed by atoms with E-state index < -0.39 is 12.0 Å². The molecule has 0 aliphatic carbocycles. The second-order valence-electron chi connectivity index (χ2n) is 4.67. The highest BCUT2D eigenvalue weighted by Gasteiger charge is 2.18. The Bertz CT molecular complexity index is 524. The van der Waals surface area contributed by atoms with Crippen molar-refractivity contribution in [3.63, 3.8) is 0 Å².